The maximum atomic E-state index is 11.0. The summed E-state index contributed by atoms with van der Waals surface area (Å²) in [6.07, 6.45) is 4.58. The Balaban J connectivity index is 2.01. The molecule has 2 unspecified atom stereocenters. The van der Waals surface area contributed by atoms with Crippen LogP contribution in [-0.2, 0) is 7.05 Å². The van der Waals surface area contributed by atoms with Gasteiger partial charge in [0.25, 0.3) is 0 Å². The van der Waals surface area contributed by atoms with Crippen molar-refractivity contribution in [2.45, 2.75) is 43.9 Å². The highest BCUT2D eigenvalue weighted by atomic mass is 16.6. The Morgan fingerprint density at radius 3 is 2.61 bits per heavy atom. The van der Waals surface area contributed by atoms with Crippen LogP contribution in [0.1, 0.15) is 25.7 Å². The van der Waals surface area contributed by atoms with Gasteiger partial charge in [-0.3, -0.25) is 4.57 Å². The van der Waals surface area contributed by atoms with Crippen LogP contribution in [0.25, 0.3) is 0 Å². The Kier molecular flexibility index (Phi) is 2.51. The largest absolute Gasteiger partial charge is 0.406 e. The molecule has 0 aliphatic carbocycles. The summed E-state index contributed by atoms with van der Waals surface area (Å²) in [5.74, 6) is 0.505. The minimum absolute atomic E-state index is 0.0780. The fourth-order valence-corrected chi connectivity index (χ4v) is 3.33. The third-order valence-electron chi connectivity index (χ3n) is 4.01. The molecule has 7 nitrogen and oxygen atoms in total. The highest BCUT2D eigenvalue weighted by Crippen LogP contribution is 2.42. The zero-order chi connectivity index (χ0) is 12.9. The number of aryl methyl sites for hydroxylation is 1. The lowest BCUT2D eigenvalue weighted by atomic mass is 10.00. The van der Waals surface area contributed by atoms with Gasteiger partial charge in [-0.1, -0.05) is 0 Å². The van der Waals surface area contributed by atoms with Gasteiger partial charge in [0, 0.05) is 19.1 Å². The molecule has 0 saturated carbocycles. The van der Waals surface area contributed by atoms with Crippen LogP contribution in [0.2, 0.25) is 0 Å². The summed E-state index contributed by atoms with van der Waals surface area (Å²) in [4.78, 5) is 16.6. The second-order valence-corrected chi connectivity index (χ2v) is 5.18. The first-order chi connectivity index (χ1) is 8.58. The van der Waals surface area contributed by atoms with Gasteiger partial charge in [-0.15, -0.1) is 0 Å². The molecule has 3 heterocycles. The van der Waals surface area contributed by atoms with E-state index in [2.05, 4.69) is 9.88 Å². The summed E-state index contributed by atoms with van der Waals surface area (Å²) in [5, 5.41) is 20.8. The SMILES string of the molecule is Cn1cnc([N+](=O)[O-])c1N1C2CCC1CC(O)C2. The van der Waals surface area contributed by atoms with E-state index in [4.69, 9.17) is 0 Å². The molecule has 1 aromatic heterocycles. The minimum Gasteiger partial charge on any atom is -0.393 e. The molecule has 2 aliphatic heterocycles. The number of aromatic nitrogens is 2. The van der Waals surface area contributed by atoms with E-state index in [1.165, 1.54) is 6.33 Å². The number of aliphatic hydroxyl groups excluding tert-OH is 1. The second-order valence-electron chi connectivity index (χ2n) is 5.18. The molecule has 0 aromatic carbocycles. The van der Waals surface area contributed by atoms with E-state index < -0.39 is 4.92 Å². The average molecular weight is 252 g/mol. The number of hydrogen-bond acceptors (Lipinski definition) is 5. The highest BCUT2D eigenvalue weighted by Gasteiger charge is 2.44. The third-order valence-corrected chi connectivity index (χ3v) is 4.01. The quantitative estimate of drug-likeness (QED) is 0.622. The van der Waals surface area contributed by atoms with Crippen molar-refractivity contribution in [1.82, 2.24) is 9.55 Å². The third kappa shape index (κ3) is 1.58. The number of hydrogen-bond donors (Lipinski definition) is 1. The van der Waals surface area contributed by atoms with Gasteiger partial charge >= 0.3 is 5.82 Å². The predicted molar refractivity (Wildman–Crippen MR) is 64.4 cm³/mol. The topological polar surface area (TPSA) is 84.4 Å². The second kappa shape index (κ2) is 3.94. The molecule has 7 heteroatoms. The van der Waals surface area contributed by atoms with Crippen LogP contribution in [0.5, 0.6) is 0 Å². The van der Waals surface area contributed by atoms with Crippen LogP contribution in [0.4, 0.5) is 11.6 Å². The highest BCUT2D eigenvalue weighted by molar-refractivity contribution is 5.57. The number of nitro groups is 1. The van der Waals surface area contributed by atoms with Crippen molar-refractivity contribution in [2.24, 2.45) is 7.05 Å². The van der Waals surface area contributed by atoms with E-state index in [1.54, 1.807) is 11.6 Å². The van der Waals surface area contributed by atoms with Gasteiger partial charge in [0.1, 0.15) is 0 Å². The van der Waals surface area contributed by atoms with E-state index in [0.717, 1.165) is 12.8 Å². The zero-order valence-electron chi connectivity index (χ0n) is 10.2. The Morgan fingerprint density at radius 1 is 1.44 bits per heavy atom. The van der Waals surface area contributed by atoms with E-state index in [0.29, 0.717) is 18.7 Å². The summed E-state index contributed by atoms with van der Waals surface area (Å²) in [5.41, 5.74) is 0. The molecule has 2 fully saturated rings. The lowest BCUT2D eigenvalue weighted by molar-refractivity contribution is -0.388. The Hall–Kier alpha value is -1.63. The summed E-state index contributed by atoms with van der Waals surface area (Å²) < 4.78 is 1.71. The smallest absolute Gasteiger partial charge is 0.393 e. The van der Waals surface area contributed by atoms with Crippen molar-refractivity contribution in [2.75, 3.05) is 4.90 Å². The van der Waals surface area contributed by atoms with Crippen LogP contribution in [0, 0.1) is 10.1 Å². The molecule has 2 bridgehead atoms. The number of piperidine rings is 1. The molecule has 2 atom stereocenters. The lowest BCUT2D eigenvalue weighted by Gasteiger charge is -2.37. The van der Waals surface area contributed by atoms with Crippen LogP contribution < -0.4 is 4.90 Å². The molecule has 0 spiro atoms. The summed E-state index contributed by atoms with van der Waals surface area (Å²) >= 11 is 0. The van der Waals surface area contributed by atoms with Gasteiger partial charge in [0.15, 0.2) is 0 Å². The molecule has 2 aliphatic rings. The lowest BCUT2D eigenvalue weighted by Crippen LogP contribution is -2.45. The van der Waals surface area contributed by atoms with Crippen LogP contribution >= 0.6 is 0 Å². The maximum Gasteiger partial charge on any atom is 0.406 e. The molecular weight excluding hydrogens is 236 g/mol. The predicted octanol–water partition coefficient (Wildman–Crippen LogP) is 0.820. The van der Waals surface area contributed by atoms with E-state index in [9.17, 15) is 15.2 Å². The zero-order valence-corrected chi connectivity index (χ0v) is 10.2. The number of nitrogens with zero attached hydrogens (tertiary/aromatic N) is 4. The van der Waals surface area contributed by atoms with Gasteiger partial charge in [0.05, 0.1) is 6.10 Å². The summed E-state index contributed by atoms with van der Waals surface area (Å²) in [6, 6.07) is 0.403. The Labute approximate surface area is 104 Å². The van der Waals surface area contributed by atoms with E-state index in [1.807, 2.05) is 0 Å². The van der Waals surface area contributed by atoms with E-state index in [-0.39, 0.29) is 24.0 Å². The van der Waals surface area contributed by atoms with Crippen molar-refractivity contribution in [1.29, 1.82) is 0 Å². The number of rotatable bonds is 2. The van der Waals surface area contributed by atoms with Crippen molar-refractivity contribution >= 4 is 11.6 Å². The van der Waals surface area contributed by atoms with Gasteiger partial charge in [-0.25, -0.2) is 0 Å². The molecule has 0 amide bonds. The molecule has 18 heavy (non-hydrogen) atoms. The van der Waals surface area contributed by atoms with Crippen LogP contribution in [-0.4, -0.2) is 37.8 Å². The van der Waals surface area contributed by atoms with Crippen LogP contribution in [0.15, 0.2) is 6.33 Å². The standard InChI is InChI=1S/C11H16N4O3/c1-13-6-12-10(15(17)18)11(13)14-7-2-3-8(14)5-9(16)4-7/h6-9,16H,2-5H2,1H3. The van der Waals surface area contributed by atoms with Gasteiger partial charge < -0.3 is 20.1 Å². The average Bonchev–Trinajstić information content (AvgIpc) is 2.77. The number of anilines is 1. The molecule has 98 valence electrons. The van der Waals surface area contributed by atoms with Gasteiger partial charge in [-0.2, -0.15) is 0 Å². The summed E-state index contributed by atoms with van der Waals surface area (Å²) in [6.45, 7) is 0. The first-order valence-corrected chi connectivity index (χ1v) is 6.20. The van der Waals surface area contributed by atoms with Crippen LogP contribution in [0.3, 0.4) is 0 Å². The van der Waals surface area contributed by atoms with Crippen molar-refractivity contribution in [3.05, 3.63) is 16.4 Å². The Morgan fingerprint density at radius 2 is 2.06 bits per heavy atom. The van der Waals surface area contributed by atoms with Crippen molar-refractivity contribution in [3.63, 3.8) is 0 Å². The molecular formula is C11H16N4O3. The number of fused-ring (bicyclic) bond motifs is 2. The molecule has 1 aromatic rings. The number of aliphatic hydroxyl groups is 1. The fourth-order valence-electron chi connectivity index (χ4n) is 3.33. The molecule has 3 rings (SSSR count). The first kappa shape index (κ1) is 11.5. The van der Waals surface area contributed by atoms with Gasteiger partial charge in [0.2, 0.25) is 12.1 Å². The monoisotopic (exact) mass is 252 g/mol. The van der Waals surface area contributed by atoms with Crippen molar-refractivity contribution < 1.29 is 10.0 Å². The maximum absolute atomic E-state index is 11.0. The normalized spacial score (nSPS) is 30.8. The minimum atomic E-state index is -0.431. The number of imidazole rings is 1. The Bertz CT molecular complexity index is 473. The van der Waals surface area contributed by atoms with E-state index >= 15 is 0 Å². The molecule has 1 N–H and O–H groups in total. The molecule has 2 saturated heterocycles. The summed E-state index contributed by atoms with van der Waals surface area (Å²) in [7, 11) is 1.78. The first-order valence-electron chi connectivity index (χ1n) is 6.20. The fraction of sp³-hybridized carbons (Fsp3) is 0.727. The molecule has 0 radical (unpaired) electrons. The van der Waals surface area contributed by atoms with Gasteiger partial charge in [-0.05, 0) is 35.6 Å². The van der Waals surface area contributed by atoms with Crippen molar-refractivity contribution in [3.8, 4) is 0 Å².